The fourth-order valence-corrected chi connectivity index (χ4v) is 2.60. The normalized spacial score (nSPS) is 18.1. The second kappa shape index (κ2) is 4.87. The second-order valence-electron chi connectivity index (χ2n) is 6.31. The first-order valence-corrected chi connectivity index (χ1v) is 6.86. The summed E-state index contributed by atoms with van der Waals surface area (Å²) in [5, 5.41) is 2.98. The average molecular weight is 261 g/mol. The van der Waals surface area contributed by atoms with Crippen LogP contribution >= 0.6 is 0 Å². The quantitative estimate of drug-likeness (QED) is 0.834. The van der Waals surface area contributed by atoms with Crippen molar-refractivity contribution in [1.29, 1.82) is 0 Å². The number of nitrogens with one attached hydrogen (secondary N) is 1. The van der Waals surface area contributed by atoms with Crippen LogP contribution in [0.4, 0.5) is 4.79 Å². The SMILES string of the molecule is Cc1ccc2c(c1C)CC[C@@H]2NC(=O)OC(C)(C)C. The zero-order valence-electron chi connectivity index (χ0n) is 12.5. The molecule has 0 radical (unpaired) electrons. The molecule has 1 aromatic carbocycles. The van der Waals surface area contributed by atoms with Gasteiger partial charge in [-0.15, -0.1) is 0 Å². The molecule has 0 aromatic heterocycles. The lowest BCUT2D eigenvalue weighted by molar-refractivity contribution is 0.0503. The molecule has 3 heteroatoms. The molecule has 104 valence electrons. The lowest BCUT2D eigenvalue weighted by Gasteiger charge is -2.22. The van der Waals surface area contributed by atoms with Gasteiger partial charge in [0, 0.05) is 0 Å². The lowest BCUT2D eigenvalue weighted by atomic mass is 9.99. The van der Waals surface area contributed by atoms with E-state index in [4.69, 9.17) is 4.74 Å². The molecule has 1 aliphatic rings. The summed E-state index contributed by atoms with van der Waals surface area (Å²) in [6.45, 7) is 9.92. The number of benzene rings is 1. The maximum absolute atomic E-state index is 11.8. The van der Waals surface area contributed by atoms with Crippen molar-refractivity contribution in [3.8, 4) is 0 Å². The number of carbonyl (C=O) groups is 1. The second-order valence-corrected chi connectivity index (χ2v) is 6.31. The van der Waals surface area contributed by atoms with E-state index in [1.165, 1.54) is 22.3 Å². The smallest absolute Gasteiger partial charge is 0.408 e. The molecular formula is C16H23NO2. The topological polar surface area (TPSA) is 38.3 Å². The molecule has 0 saturated carbocycles. The Kier molecular flexibility index (Phi) is 3.57. The number of hydrogen-bond acceptors (Lipinski definition) is 2. The van der Waals surface area contributed by atoms with Gasteiger partial charge in [0.1, 0.15) is 5.60 Å². The predicted molar refractivity (Wildman–Crippen MR) is 76.3 cm³/mol. The van der Waals surface area contributed by atoms with Gasteiger partial charge < -0.3 is 10.1 Å². The largest absolute Gasteiger partial charge is 0.444 e. The molecule has 0 unspecified atom stereocenters. The predicted octanol–water partition coefficient (Wildman–Crippen LogP) is 3.82. The van der Waals surface area contributed by atoms with Crippen LogP contribution in [-0.4, -0.2) is 11.7 Å². The third kappa shape index (κ3) is 3.09. The van der Waals surface area contributed by atoms with Crippen molar-refractivity contribution in [3.05, 3.63) is 34.4 Å². The molecule has 1 amide bonds. The van der Waals surface area contributed by atoms with Crippen LogP contribution in [0.1, 0.15) is 55.5 Å². The first kappa shape index (κ1) is 13.9. The number of rotatable bonds is 1. The standard InChI is InChI=1S/C16H23NO2/c1-10-6-7-13-12(11(10)2)8-9-14(13)17-15(18)19-16(3,4)5/h6-7,14H,8-9H2,1-5H3,(H,17,18)/t14-/m0/s1. The first-order valence-electron chi connectivity index (χ1n) is 6.86. The Labute approximate surface area is 115 Å². The summed E-state index contributed by atoms with van der Waals surface area (Å²) in [6, 6.07) is 4.35. The minimum Gasteiger partial charge on any atom is -0.444 e. The van der Waals surface area contributed by atoms with Gasteiger partial charge in [-0.1, -0.05) is 12.1 Å². The number of ether oxygens (including phenoxy) is 1. The van der Waals surface area contributed by atoms with E-state index in [1.807, 2.05) is 20.8 Å². The van der Waals surface area contributed by atoms with Crippen LogP contribution in [0, 0.1) is 13.8 Å². The Morgan fingerprint density at radius 2 is 2.00 bits per heavy atom. The molecule has 0 fully saturated rings. The van der Waals surface area contributed by atoms with Crippen LogP contribution in [0.25, 0.3) is 0 Å². The number of alkyl carbamates (subject to hydrolysis) is 1. The van der Waals surface area contributed by atoms with Crippen molar-refractivity contribution < 1.29 is 9.53 Å². The van der Waals surface area contributed by atoms with Gasteiger partial charge in [-0.25, -0.2) is 4.79 Å². The highest BCUT2D eigenvalue weighted by molar-refractivity contribution is 5.69. The molecule has 1 aromatic rings. The molecular weight excluding hydrogens is 238 g/mol. The molecule has 3 nitrogen and oxygen atoms in total. The Balaban J connectivity index is 2.11. The van der Waals surface area contributed by atoms with Crippen LogP contribution in [0.3, 0.4) is 0 Å². The van der Waals surface area contributed by atoms with Gasteiger partial charge in [-0.2, -0.15) is 0 Å². The fourth-order valence-electron chi connectivity index (χ4n) is 2.60. The molecule has 1 atom stereocenters. The third-order valence-corrected chi connectivity index (χ3v) is 3.65. The summed E-state index contributed by atoms with van der Waals surface area (Å²) in [5.41, 5.74) is 4.85. The van der Waals surface area contributed by atoms with Crippen LogP contribution in [-0.2, 0) is 11.2 Å². The third-order valence-electron chi connectivity index (χ3n) is 3.65. The molecule has 2 rings (SSSR count). The average Bonchev–Trinajstić information content (AvgIpc) is 2.65. The van der Waals surface area contributed by atoms with E-state index in [9.17, 15) is 4.79 Å². The van der Waals surface area contributed by atoms with Crippen LogP contribution in [0.2, 0.25) is 0 Å². The minimum atomic E-state index is -0.450. The summed E-state index contributed by atoms with van der Waals surface area (Å²) in [4.78, 5) is 11.8. The molecule has 0 heterocycles. The van der Waals surface area contributed by atoms with Crippen molar-refractivity contribution in [2.45, 2.75) is 59.1 Å². The zero-order chi connectivity index (χ0) is 14.2. The van der Waals surface area contributed by atoms with Crippen LogP contribution in [0.15, 0.2) is 12.1 Å². The van der Waals surface area contributed by atoms with Crippen molar-refractivity contribution in [2.75, 3.05) is 0 Å². The summed E-state index contributed by atoms with van der Waals surface area (Å²) in [7, 11) is 0. The van der Waals surface area contributed by atoms with E-state index < -0.39 is 5.60 Å². The van der Waals surface area contributed by atoms with E-state index in [-0.39, 0.29) is 12.1 Å². The first-order chi connectivity index (χ1) is 8.78. The number of carbonyl (C=O) groups excluding carboxylic acids is 1. The van der Waals surface area contributed by atoms with E-state index in [1.54, 1.807) is 0 Å². The van der Waals surface area contributed by atoms with Crippen molar-refractivity contribution in [2.24, 2.45) is 0 Å². The number of hydrogen-bond donors (Lipinski definition) is 1. The maximum Gasteiger partial charge on any atom is 0.408 e. The Morgan fingerprint density at radius 3 is 2.63 bits per heavy atom. The summed E-state index contributed by atoms with van der Waals surface area (Å²) >= 11 is 0. The molecule has 1 aliphatic carbocycles. The Hall–Kier alpha value is -1.51. The van der Waals surface area contributed by atoms with Gasteiger partial charge in [0.15, 0.2) is 0 Å². The molecule has 0 spiro atoms. The summed E-state index contributed by atoms with van der Waals surface area (Å²) < 4.78 is 5.32. The van der Waals surface area contributed by atoms with E-state index in [0.717, 1.165) is 12.8 Å². The summed E-state index contributed by atoms with van der Waals surface area (Å²) in [6.07, 6.45) is 1.66. The number of amides is 1. The zero-order valence-corrected chi connectivity index (χ0v) is 12.5. The summed E-state index contributed by atoms with van der Waals surface area (Å²) in [5.74, 6) is 0. The highest BCUT2D eigenvalue weighted by Crippen LogP contribution is 2.34. The molecule has 0 bridgehead atoms. The van der Waals surface area contributed by atoms with Crippen LogP contribution < -0.4 is 5.32 Å². The van der Waals surface area contributed by atoms with Gasteiger partial charge in [-0.05, 0) is 69.7 Å². The van der Waals surface area contributed by atoms with Gasteiger partial charge in [-0.3, -0.25) is 0 Å². The molecule has 0 aliphatic heterocycles. The van der Waals surface area contributed by atoms with Crippen molar-refractivity contribution in [3.63, 3.8) is 0 Å². The molecule has 0 saturated heterocycles. The fraction of sp³-hybridized carbons (Fsp3) is 0.562. The minimum absolute atomic E-state index is 0.0872. The Bertz CT molecular complexity index is 500. The lowest BCUT2D eigenvalue weighted by Crippen LogP contribution is -2.34. The Morgan fingerprint density at radius 1 is 1.32 bits per heavy atom. The monoisotopic (exact) mass is 261 g/mol. The van der Waals surface area contributed by atoms with Gasteiger partial charge in [0.2, 0.25) is 0 Å². The number of fused-ring (bicyclic) bond motifs is 1. The van der Waals surface area contributed by atoms with E-state index in [0.29, 0.717) is 0 Å². The van der Waals surface area contributed by atoms with E-state index >= 15 is 0 Å². The molecule has 19 heavy (non-hydrogen) atoms. The van der Waals surface area contributed by atoms with Gasteiger partial charge in [0.25, 0.3) is 0 Å². The van der Waals surface area contributed by atoms with Crippen LogP contribution in [0.5, 0.6) is 0 Å². The van der Waals surface area contributed by atoms with Crippen molar-refractivity contribution >= 4 is 6.09 Å². The van der Waals surface area contributed by atoms with Crippen molar-refractivity contribution in [1.82, 2.24) is 5.32 Å². The van der Waals surface area contributed by atoms with Gasteiger partial charge >= 0.3 is 6.09 Å². The number of aryl methyl sites for hydroxylation is 1. The van der Waals surface area contributed by atoms with E-state index in [2.05, 4.69) is 31.3 Å². The maximum atomic E-state index is 11.8. The molecule has 1 N–H and O–H groups in total. The van der Waals surface area contributed by atoms with Gasteiger partial charge in [0.05, 0.1) is 6.04 Å². The highest BCUT2D eigenvalue weighted by Gasteiger charge is 2.27. The highest BCUT2D eigenvalue weighted by atomic mass is 16.6.